The normalized spacial score (nSPS) is 20.2. The zero-order chi connectivity index (χ0) is 15.6. The molecule has 1 aromatic carbocycles. The van der Waals surface area contributed by atoms with E-state index in [1.54, 1.807) is 0 Å². The van der Waals surface area contributed by atoms with Gasteiger partial charge in [0, 0.05) is 42.3 Å². The first kappa shape index (κ1) is 18.6. The van der Waals surface area contributed by atoms with E-state index in [9.17, 15) is 5.11 Å². The average Bonchev–Trinajstić information content (AvgIpc) is 3.34. The Morgan fingerprint density at radius 2 is 1.78 bits per heavy atom. The van der Waals surface area contributed by atoms with Gasteiger partial charge in [-0.2, -0.15) is 0 Å². The van der Waals surface area contributed by atoms with Crippen LogP contribution in [0.3, 0.4) is 0 Å². The van der Waals surface area contributed by atoms with Crippen LogP contribution in [0.2, 0.25) is 5.02 Å². The Balaban J connectivity index is 0.00000192. The maximum Gasteiger partial charge on any atom is 0.191 e. The van der Waals surface area contributed by atoms with E-state index < -0.39 is 0 Å². The van der Waals surface area contributed by atoms with Gasteiger partial charge >= 0.3 is 0 Å². The zero-order valence-corrected chi connectivity index (χ0v) is 16.2. The van der Waals surface area contributed by atoms with E-state index in [0.717, 1.165) is 44.0 Å². The van der Waals surface area contributed by atoms with Crippen LogP contribution in [0.1, 0.15) is 12.8 Å². The van der Waals surface area contributed by atoms with Crippen LogP contribution in [-0.4, -0.2) is 55.3 Å². The van der Waals surface area contributed by atoms with Gasteiger partial charge in [0.15, 0.2) is 5.96 Å². The number of benzene rings is 1. The van der Waals surface area contributed by atoms with Crippen molar-refractivity contribution in [2.75, 3.05) is 44.2 Å². The molecule has 1 aromatic rings. The molecule has 0 bridgehead atoms. The standard InChI is InChI=1S/C16H23ClN4O.HI/c17-13-1-3-14(4-2-13)20-7-9-21(10-8-20)15(18)19-11-16(12-22)5-6-16;/h1-4,22H,5-12H2,(H2,18,19);1H. The van der Waals surface area contributed by atoms with Crippen molar-refractivity contribution in [2.24, 2.45) is 16.1 Å². The molecule has 0 spiro atoms. The molecule has 2 fully saturated rings. The lowest BCUT2D eigenvalue weighted by molar-refractivity contribution is 0.216. The molecular weight excluding hydrogens is 427 g/mol. The van der Waals surface area contributed by atoms with Gasteiger partial charge in [-0.3, -0.25) is 4.99 Å². The Kier molecular flexibility index (Phi) is 6.39. The molecule has 7 heteroatoms. The van der Waals surface area contributed by atoms with E-state index in [2.05, 4.69) is 14.8 Å². The minimum atomic E-state index is 0. The lowest BCUT2D eigenvalue weighted by Gasteiger charge is -2.36. The number of nitrogens with zero attached hydrogens (tertiary/aromatic N) is 3. The lowest BCUT2D eigenvalue weighted by atomic mass is 10.1. The van der Waals surface area contributed by atoms with E-state index in [1.165, 1.54) is 5.69 Å². The third kappa shape index (κ3) is 4.64. The average molecular weight is 451 g/mol. The predicted molar refractivity (Wildman–Crippen MR) is 106 cm³/mol. The number of anilines is 1. The van der Waals surface area contributed by atoms with Gasteiger partial charge in [0.2, 0.25) is 0 Å². The number of nitrogens with two attached hydrogens (primary N) is 1. The zero-order valence-electron chi connectivity index (χ0n) is 13.1. The topological polar surface area (TPSA) is 65.1 Å². The Labute approximate surface area is 159 Å². The SMILES string of the molecule is I.NC(=NCC1(CO)CC1)N1CCN(c2ccc(Cl)cc2)CC1. The van der Waals surface area contributed by atoms with Crippen LogP contribution in [0.4, 0.5) is 5.69 Å². The molecule has 128 valence electrons. The molecular formula is C16H24ClIN4O. The predicted octanol–water partition coefficient (Wildman–Crippen LogP) is 2.17. The summed E-state index contributed by atoms with van der Waals surface area (Å²) in [6.45, 7) is 4.43. The van der Waals surface area contributed by atoms with Gasteiger partial charge < -0.3 is 20.6 Å². The van der Waals surface area contributed by atoms with Gasteiger partial charge in [-0.05, 0) is 37.1 Å². The number of guanidine groups is 1. The van der Waals surface area contributed by atoms with Gasteiger partial charge in [0.25, 0.3) is 0 Å². The Bertz CT molecular complexity index is 540. The van der Waals surface area contributed by atoms with Crippen molar-refractivity contribution in [1.82, 2.24) is 4.90 Å². The van der Waals surface area contributed by atoms with Crippen molar-refractivity contribution < 1.29 is 5.11 Å². The molecule has 0 unspecified atom stereocenters. The molecule has 3 rings (SSSR count). The maximum absolute atomic E-state index is 9.32. The molecule has 0 aromatic heterocycles. The number of hydrogen-bond acceptors (Lipinski definition) is 3. The first-order chi connectivity index (χ1) is 10.6. The van der Waals surface area contributed by atoms with Crippen molar-refractivity contribution in [3.8, 4) is 0 Å². The fourth-order valence-corrected chi connectivity index (χ4v) is 2.86. The third-order valence-corrected chi connectivity index (χ3v) is 4.92. The number of aliphatic hydroxyl groups excluding tert-OH is 1. The summed E-state index contributed by atoms with van der Waals surface area (Å²) < 4.78 is 0. The quantitative estimate of drug-likeness (QED) is 0.419. The summed E-state index contributed by atoms with van der Waals surface area (Å²) in [5, 5.41) is 10.1. The largest absolute Gasteiger partial charge is 0.396 e. The van der Waals surface area contributed by atoms with Crippen molar-refractivity contribution in [1.29, 1.82) is 0 Å². The summed E-state index contributed by atoms with van der Waals surface area (Å²) in [4.78, 5) is 8.94. The number of aliphatic imine (C=N–C) groups is 1. The fraction of sp³-hybridized carbons (Fsp3) is 0.562. The van der Waals surface area contributed by atoms with Crippen molar-refractivity contribution in [3.05, 3.63) is 29.3 Å². The van der Waals surface area contributed by atoms with Gasteiger partial charge in [0.1, 0.15) is 0 Å². The number of halogens is 2. The third-order valence-electron chi connectivity index (χ3n) is 4.66. The molecule has 1 saturated carbocycles. The molecule has 0 radical (unpaired) electrons. The smallest absolute Gasteiger partial charge is 0.191 e. The van der Waals surface area contributed by atoms with E-state index in [4.69, 9.17) is 17.3 Å². The highest BCUT2D eigenvalue weighted by Crippen LogP contribution is 2.45. The van der Waals surface area contributed by atoms with Gasteiger partial charge in [-0.1, -0.05) is 11.6 Å². The molecule has 1 heterocycles. The van der Waals surface area contributed by atoms with Crippen molar-refractivity contribution in [3.63, 3.8) is 0 Å². The lowest BCUT2D eigenvalue weighted by Crippen LogP contribution is -2.51. The second-order valence-corrected chi connectivity index (χ2v) is 6.72. The summed E-state index contributed by atoms with van der Waals surface area (Å²) in [6.07, 6.45) is 2.12. The van der Waals surface area contributed by atoms with Crippen molar-refractivity contribution >= 4 is 47.2 Å². The first-order valence-electron chi connectivity index (χ1n) is 7.78. The van der Waals surface area contributed by atoms with E-state index >= 15 is 0 Å². The number of aliphatic hydroxyl groups is 1. The van der Waals surface area contributed by atoms with Gasteiger partial charge in [0.05, 0.1) is 13.2 Å². The molecule has 5 nitrogen and oxygen atoms in total. The van der Waals surface area contributed by atoms with Crippen LogP contribution in [0.5, 0.6) is 0 Å². The number of rotatable bonds is 4. The first-order valence-corrected chi connectivity index (χ1v) is 8.16. The van der Waals surface area contributed by atoms with Crippen LogP contribution in [0.15, 0.2) is 29.3 Å². The molecule has 0 atom stereocenters. The van der Waals surface area contributed by atoms with Crippen LogP contribution in [-0.2, 0) is 0 Å². The summed E-state index contributed by atoms with van der Waals surface area (Å²) in [7, 11) is 0. The van der Waals surface area contributed by atoms with Crippen LogP contribution < -0.4 is 10.6 Å². The van der Waals surface area contributed by atoms with Gasteiger partial charge in [-0.25, -0.2) is 0 Å². The minimum Gasteiger partial charge on any atom is -0.396 e. The molecule has 3 N–H and O–H groups in total. The number of piperazine rings is 1. The number of hydrogen-bond donors (Lipinski definition) is 2. The molecule has 1 aliphatic heterocycles. The molecule has 2 aliphatic rings. The Morgan fingerprint density at radius 1 is 1.17 bits per heavy atom. The van der Waals surface area contributed by atoms with Crippen molar-refractivity contribution in [2.45, 2.75) is 12.8 Å². The summed E-state index contributed by atoms with van der Waals surface area (Å²) in [5.41, 5.74) is 7.32. The molecule has 0 amide bonds. The maximum atomic E-state index is 9.32. The summed E-state index contributed by atoms with van der Waals surface area (Å²) >= 11 is 5.93. The van der Waals surface area contributed by atoms with Crippen LogP contribution in [0.25, 0.3) is 0 Å². The monoisotopic (exact) mass is 450 g/mol. The summed E-state index contributed by atoms with van der Waals surface area (Å²) in [6, 6.07) is 7.94. The van der Waals surface area contributed by atoms with Crippen LogP contribution in [0, 0.1) is 5.41 Å². The summed E-state index contributed by atoms with van der Waals surface area (Å²) in [5.74, 6) is 0.607. The minimum absolute atomic E-state index is 0. The second-order valence-electron chi connectivity index (χ2n) is 6.28. The van der Waals surface area contributed by atoms with E-state index in [1.807, 2.05) is 24.3 Å². The highest BCUT2D eigenvalue weighted by atomic mass is 127. The van der Waals surface area contributed by atoms with E-state index in [-0.39, 0.29) is 36.0 Å². The van der Waals surface area contributed by atoms with E-state index in [0.29, 0.717) is 12.5 Å². The fourth-order valence-electron chi connectivity index (χ4n) is 2.74. The van der Waals surface area contributed by atoms with Crippen LogP contribution >= 0.6 is 35.6 Å². The Morgan fingerprint density at radius 3 is 2.30 bits per heavy atom. The second kappa shape index (κ2) is 7.90. The highest BCUT2D eigenvalue weighted by Gasteiger charge is 2.41. The van der Waals surface area contributed by atoms with Gasteiger partial charge in [-0.15, -0.1) is 24.0 Å². The molecule has 23 heavy (non-hydrogen) atoms. The highest BCUT2D eigenvalue weighted by molar-refractivity contribution is 14.0. The molecule has 1 saturated heterocycles. The Hall–Kier alpha value is -0.730. The molecule has 1 aliphatic carbocycles.